The largest absolute Gasteiger partial charge is 0.334 e. The van der Waals surface area contributed by atoms with Crippen LogP contribution in [0.25, 0.3) is 0 Å². The Morgan fingerprint density at radius 1 is 1.04 bits per heavy atom. The van der Waals surface area contributed by atoms with Crippen molar-refractivity contribution in [3.05, 3.63) is 29.8 Å². The molecule has 0 saturated heterocycles. The van der Waals surface area contributed by atoms with E-state index >= 15 is 0 Å². The van der Waals surface area contributed by atoms with Gasteiger partial charge in [0.1, 0.15) is 0 Å². The van der Waals surface area contributed by atoms with Crippen LogP contribution in [0.2, 0.25) is 0 Å². The molecule has 9 heteroatoms. The number of carbonyl (C=O) groups excluding carboxylic acids is 2. The Kier molecular flexibility index (Phi) is 7.40. The van der Waals surface area contributed by atoms with Gasteiger partial charge >= 0.3 is 6.03 Å². The Morgan fingerprint density at radius 2 is 1.69 bits per heavy atom. The molecule has 8 nitrogen and oxygen atoms in total. The molecule has 2 rings (SSSR count). The molecule has 4 N–H and O–H groups in total. The number of benzene rings is 1. The fraction of sp³-hybridized carbons (Fsp3) is 0.529. The normalized spacial score (nSPS) is 15.3. The lowest BCUT2D eigenvalue weighted by Crippen LogP contribution is -2.50. The van der Waals surface area contributed by atoms with Crippen LogP contribution in [0.1, 0.15) is 44.1 Å². The van der Waals surface area contributed by atoms with Crippen LogP contribution in [-0.4, -0.2) is 32.9 Å². The smallest absolute Gasteiger partial charge is 0.333 e. The molecule has 1 aliphatic rings. The number of sulfonamides is 1. The summed E-state index contributed by atoms with van der Waals surface area (Å²) in [6.45, 7) is 1.81. The van der Waals surface area contributed by atoms with Gasteiger partial charge in [-0.2, -0.15) is 0 Å². The summed E-state index contributed by atoms with van der Waals surface area (Å²) in [6, 6.07) is 6.11. The van der Waals surface area contributed by atoms with E-state index in [1.165, 1.54) is 18.6 Å². The first kappa shape index (κ1) is 20.2. The highest BCUT2D eigenvalue weighted by Crippen LogP contribution is 2.17. The molecule has 144 valence electrons. The third kappa shape index (κ3) is 6.64. The van der Waals surface area contributed by atoms with Crippen LogP contribution in [0.5, 0.6) is 0 Å². The van der Waals surface area contributed by atoms with Crippen LogP contribution < -0.4 is 20.9 Å². The minimum atomic E-state index is -3.65. The fourth-order valence-electron chi connectivity index (χ4n) is 2.76. The van der Waals surface area contributed by atoms with Gasteiger partial charge < -0.3 is 5.32 Å². The van der Waals surface area contributed by atoms with E-state index in [0.717, 1.165) is 31.2 Å². The molecule has 3 amide bonds. The van der Waals surface area contributed by atoms with E-state index in [0.29, 0.717) is 0 Å². The predicted octanol–water partition coefficient (Wildman–Crippen LogP) is 1.33. The van der Waals surface area contributed by atoms with E-state index in [4.69, 9.17) is 0 Å². The molecule has 0 bridgehead atoms. The maximum Gasteiger partial charge on any atom is 0.333 e. The van der Waals surface area contributed by atoms with Gasteiger partial charge in [-0.3, -0.25) is 10.2 Å². The van der Waals surface area contributed by atoms with Gasteiger partial charge in [-0.15, -0.1) is 0 Å². The first-order valence-corrected chi connectivity index (χ1v) is 10.3. The highest BCUT2D eigenvalue weighted by molar-refractivity contribution is 7.89. The van der Waals surface area contributed by atoms with Crippen LogP contribution in [0, 0.1) is 6.92 Å². The SMILES string of the molecule is Cc1ccc(S(=O)(=O)NCCC(=O)NNC(=O)NC2CCCCC2)cc1. The van der Waals surface area contributed by atoms with Crippen LogP contribution in [-0.2, 0) is 14.8 Å². The Bertz CT molecular complexity index is 713. The van der Waals surface area contributed by atoms with Crippen molar-refractivity contribution < 1.29 is 18.0 Å². The van der Waals surface area contributed by atoms with Gasteiger partial charge in [-0.25, -0.2) is 23.4 Å². The summed E-state index contributed by atoms with van der Waals surface area (Å²) in [4.78, 5) is 23.6. The lowest BCUT2D eigenvalue weighted by molar-refractivity contribution is -0.121. The summed E-state index contributed by atoms with van der Waals surface area (Å²) in [6.07, 6.45) is 5.19. The van der Waals surface area contributed by atoms with E-state index < -0.39 is 22.0 Å². The van der Waals surface area contributed by atoms with E-state index in [1.807, 2.05) is 6.92 Å². The van der Waals surface area contributed by atoms with Crippen molar-refractivity contribution in [2.45, 2.75) is 56.4 Å². The highest BCUT2D eigenvalue weighted by Gasteiger charge is 2.16. The summed E-state index contributed by atoms with van der Waals surface area (Å²) in [5.41, 5.74) is 5.52. The quantitative estimate of drug-likeness (QED) is 0.555. The van der Waals surface area contributed by atoms with Crippen LogP contribution >= 0.6 is 0 Å². The van der Waals surface area contributed by atoms with Crippen molar-refractivity contribution in [1.82, 2.24) is 20.9 Å². The Hall–Kier alpha value is -2.13. The summed E-state index contributed by atoms with van der Waals surface area (Å²) < 4.78 is 26.5. The van der Waals surface area contributed by atoms with Crippen molar-refractivity contribution in [1.29, 1.82) is 0 Å². The number of amides is 3. The molecular weight excluding hydrogens is 356 g/mol. The minimum absolute atomic E-state index is 0.0615. The number of hydrogen-bond acceptors (Lipinski definition) is 4. The average Bonchev–Trinajstić information content (AvgIpc) is 2.61. The monoisotopic (exact) mass is 382 g/mol. The van der Waals surface area contributed by atoms with Gasteiger partial charge in [0.2, 0.25) is 15.9 Å². The average molecular weight is 382 g/mol. The number of urea groups is 1. The molecule has 1 fully saturated rings. The lowest BCUT2D eigenvalue weighted by atomic mass is 9.96. The topological polar surface area (TPSA) is 116 Å². The van der Waals surface area contributed by atoms with Crippen molar-refractivity contribution in [2.24, 2.45) is 0 Å². The van der Waals surface area contributed by atoms with Gasteiger partial charge in [0.05, 0.1) is 4.90 Å². The molecule has 1 aromatic carbocycles. The number of rotatable bonds is 6. The zero-order valence-electron chi connectivity index (χ0n) is 14.9. The zero-order valence-corrected chi connectivity index (χ0v) is 15.7. The maximum absolute atomic E-state index is 12.1. The highest BCUT2D eigenvalue weighted by atomic mass is 32.2. The predicted molar refractivity (Wildman–Crippen MR) is 97.7 cm³/mol. The molecule has 0 heterocycles. The summed E-state index contributed by atoms with van der Waals surface area (Å²) >= 11 is 0. The van der Waals surface area contributed by atoms with Gasteiger partial charge in [-0.1, -0.05) is 37.0 Å². The first-order valence-electron chi connectivity index (χ1n) is 8.78. The summed E-state index contributed by atoms with van der Waals surface area (Å²) in [5, 5.41) is 2.80. The second kappa shape index (κ2) is 9.54. The Balaban J connectivity index is 1.66. The van der Waals surface area contributed by atoms with E-state index in [2.05, 4.69) is 20.9 Å². The second-order valence-corrected chi connectivity index (χ2v) is 8.21. The van der Waals surface area contributed by atoms with Crippen molar-refractivity contribution in [2.75, 3.05) is 6.54 Å². The molecule has 0 unspecified atom stereocenters. The number of hydrogen-bond donors (Lipinski definition) is 4. The Morgan fingerprint density at radius 3 is 2.35 bits per heavy atom. The van der Waals surface area contributed by atoms with Gasteiger partial charge in [0, 0.05) is 19.0 Å². The molecule has 0 aliphatic heterocycles. The third-order valence-electron chi connectivity index (χ3n) is 4.23. The van der Waals surface area contributed by atoms with Gasteiger partial charge in [-0.05, 0) is 31.9 Å². The number of nitrogens with one attached hydrogen (secondary N) is 4. The van der Waals surface area contributed by atoms with Crippen LogP contribution in [0.4, 0.5) is 4.79 Å². The molecule has 26 heavy (non-hydrogen) atoms. The number of carbonyl (C=O) groups is 2. The van der Waals surface area contributed by atoms with Gasteiger partial charge in [0.15, 0.2) is 0 Å². The molecule has 0 radical (unpaired) electrons. The molecule has 0 atom stereocenters. The van der Waals surface area contributed by atoms with Crippen LogP contribution in [0.3, 0.4) is 0 Å². The summed E-state index contributed by atoms with van der Waals surface area (Å²) in [7, 11) is -3.65. The molecule has 0 spiro atoms. The first-order chi connectivity index (χ1) is 12.4. The van der Waals surface area contributed by atoms with Gasteiger partial charge in [0.25, 0.3) is 0 Å². The standard InChI is InChI=1S/C17H26N4O4S/c1-13-7-9-15(10-8-13)26(24,25)18-12-11-16(22)20-21-17(23)19-14-5-3-2-4-6-14/h7-10,14,18H,2-6,11-12H2,1H3,(H,20,22)(H2,19,21,23). The molecule has 1 saturated carbocycles. The summed E-state index contributed by atoms with van der Waals surface area (Å²) in [5.74, 6) is -0.476. The van der Waals surface area contributed by atoms with E-state index in [-0.39, 0.29) is 23.9 Å². The molecular formula is C17H26N4O4S. The zero-order chi connectivity index (χ0) is 19.0. The van der Waals surface area contributed by atoms with Crippen molar-refractivity contribution >= 4 is 22.0 Å². The third-order valence-corrected chi connectivity index (χ3v) is 5.71. The minimum Gasteiger partial charge on any atom is -0.334 e. The van der Waals surface area contributed by atoms with E-state index in [9.17, 15) is 18.0 Å². The van der Waals surface area contributed by atoms with Crippen molar-refractivity contribution in [3.63, 3.8) is 0 Å². The van der Waals surface area contributed by atoms with E-state index in [1.54, 1.807) is 12.1 Å². The van der Waals surface area contributed by atoms with Crippen molar-refractivity contribution in [3.8, 4) is 0 Å². The molecule has 1 aromatic rings. The second-order valence-electron chi connectivity index (χ2n) is 6.44. The number of aryl methyl sites for hydroxylation is 1. The maximum atomic E-state index is 12.1. The molecule has 0 aromatic heterocycles. The number of hydrazine groups is 1. The Labute approximate surface area is 154 Å². The fourth-order valence-corrected chi connectivity index (χ4v) is 3.79. The lowest BCUT2D eigenvalue weighted by Gasteiger charge is -2.22. The van der Waals surface area contributed by atoms with Crippen LogP contribution in [0.15, 0.2) is 29.2 Å². The molecule has 1 aliphatic carbocycles.